The second-order valence-electron chi connectivity index (χ2n) is 8.22. The highest BCUT2D eigenvalue weighted by Crippen LogP contribution is 2.34. The van der Waals surface area contributed by atoms with E-state index >= 15 is 0 Å². The van der Waals surface area contributed by atoms with Crippen molar-refractivity contribution >= 4 is 11.6 Å². The van der Waals surface area contributed by atoms with Crippen molar-refractivity contribution in [3.8, 4) is 0 Å². The first kappa shape index (κ1) is 20.8. The van der Waals surface area contributed by atoms with E-state index < -0.39 is 11.8 Å². The van der Waals surface area contributed by atoms with Crippen LogP contribution < -0.4 is 0 Å². The third-order valence-corrected chi connectivity index (χ3v) is 6.05. The van der Waals surface area contributed by atoms with Crippen LogP contribution in [0.4, 0.5) is 4.39 Å². The van der Waals surface area contributed by atoms with E-state index in [1.54, 1.807) is 0 Å². The minimum absolute atomic E-state index is 0.105. The number of hydrogen-bond acceptors (Lipinski definition) is 4. The predicted molar refractivity (Wildman–Crippen MR) is 109 cm³/mol. The van der Waals surface area contributed by atoms with Gasteiger partial charge in [-0.3, -0.25) is 0 Å². The van der Waals surface area contributed by atoms with E-state index in [4.69, 9.17) is 21.1 Å². The lowest BCUT2D eigenvalue weighted by molar-refractivity contribution is -0.128. The van der Waals surface area contributed by atoms with Gasteiger partial charge in [0.25, 0.3) is 0 Å². The first-order valence-corrected chi connectivity index (χ1v) is 10.4. The Morgan fingerprint density at radius 2 is 1.79 bits per heavy atom. The van der Waals surface area contributed by atoms with Gasteiger partial charge >= 0.3 is 0 Å². The smallest absolute Gasteiger partial charge is 0.161 e. The van der Waals surface area contributed by atoms with E-state index in [1.807, 2.05) is 42.5 Å². The van der Waals surface area contributed by atoms with Crippen molar-refractivity contribution in [2.75, 3.05) is 19.8 Å². The monoisotopic (exact) mass is 420 g/mol. The first-order valence-electron chi connectivity index (χ1n) is 10.0. The third-order valence-electron chi connectivity index (χ3n) is 5.68. The summed E-state index contributed by atoms with van der Waals surface area (Å²) in [6.45, 7) is 0.241. The van der Waals surface area contributed by atoms with E-state index in [-0.39, 0.29) is 32.0 Å². The van der Waals surface area contributed by atoms with Gasteiger partial charge in [0.2, 0.25) is 0 Å². The fourth-order valence-electron chi connectivity index (χ4n) is 4.04. The quantitative estimate of drug-likeness (QED) is 0.746. The number of aliphatic hydroxyl groups excluding tert-OH is 2. The zero-order valence-corrected chi connectivity index (χ0v) is 16.9. The Balaban J connectivity index is 1.46. The average Bonchev–Trinajstić information content (AvgIpc) is 2.69. The van der Waals surface area contributed by atoms with Crippen molar-refractivity contribution in [1.29, 1.82) is 0 Å². The molecule has 0 amide bonds. The van der Waals surface area contributed by atoms with Crippen molar-refractivity contribution in [3.63, 3.8) is 0 Å². The van der Waals surface area contributed by atoms with Gasteiger partial charge in [-0.05, 0) is 34.7 Å². The summed E-state index contributed by atoms with van der Waals surface area (Å²) < 4.78 is 25.1. The topological polar surface area (TPSA) is 58.9 Å². The summed E-state index contributed by atoms with van der Waals surface area (Å²) in [4.78, 5) is 0. The molecule has 2 saturated heterocycles. The van der Waals surface area contributed by atoms with Crippen LogP contribution in [0.15, 0.2) is 42.5 Å². The second kappa shape index (κ2) is 8.70. The molecular formula is C23H26ClFO4. The van der Waals surface area contributed by atoms with E-state index in [0.29, 0.717) is 30.7 Å². The maximum absolute atomic E-state index is 14.2. The highest BCUT2D eigenvalue weighted by molar-refractivity contribution is 6.31. The standard InChI is InChI=1S/C23H26ClFO4/c24-21-6-5-17(22-10-19(27)9-20(12-26)29-22)8-18(21)7-15-1-3-16(4-2-15)11-23(25)13-28-14-23/h1-6,8,19-20,22,26-27H,7,9-14H2. The van der Waals surface area contributed by atoms with Crippen LogP contribution in [0.25, 0.3) is 0 Å². The molecule has 0 saturated carbocycles. The molecule has 0 spiro atoms. The largest absolute Gasteiger partial charge is 0.394 e. The van der Waals surface area contributed by atoms with E-state index in [1.165, 1.54) is 0 Å². The van der Waals surface area contributed by atoms with E-state index in [2.05, 4.69) is 0 Å². The zero-order chi connectivity index (χ0) is 20.4. The predicted octanol–water partition coefficient (Wildman–Crippen LogP) is 3.79. The molecule has 0 bridgehead atoms. The Hall–Kier alpha value is -1.50. The first-order chi connectivity index (χ1) is 13.9. The molecule has 156 valence electrons. The van der Waals surface area contributed by atoms with Crippen molar-refractivity contribution in [1.82, 2.24) is 0 Å². The number of hydrogen-bond donors (Lipinski definition) is 2. The molecule has 3 atom stereocenters. The molecule has 4 rings (SSSR count). The van der Waals surface area contributed by atoms with Gasteiger partial charge in [-0.15, -0.1) is 0 Å². The Labute approximate surface area is 175 Å². The summed E-state index contributed by atoms with van der Waals surface area (Å²) in [5.74, 6) is 0. The van der Waals surface area contributed by atoms with Crippen LogP contribution >= 0.6 is 11.6 Å². The van der Waals surface area contributed by atoms with Gasteiger partial charge in [-0.1, -0.05) is 48.0 Å². The highest BCUT2D eigenvalue weighted by Gasteiger charge is 2.38. The molecule has 0 aromatic heterocycles. The Morgan fingerprint density at radius 3 is 2.45 bits per heavy atom. The van der Waals surface area contributed by atoms with Gasteiger partial charge < -0.3 is 19.7 Å². The maximum Gasteiger partial charge on any atom is 0.161 e. The van der Waals surface area contributed by atoms with Crippen molar-refractivity contribution in [2.45, 2.75) is 49.7 Å². The molecule has 6 heteroatoms. The lowest BCUT2D eigenvalue weighted by atomic mass is 9.92. The molecule has 2 aliphatic heterocycles. The maximum atomic E-state index is 14.2. The fraction of sp³-hybridized carbons (Fsp3) is 0.478. The van der Waals surface area contributed by atoms with Gasteiger partial charge in [-0.2, -0.15) is 0 Å². The number of ether oxygens (including phenoxy) is 2. The Morgan fingerprint density at radius 1 is 1.07 bits per heavy atom. The van der Waals surface area contributed by atoms with Crippen LogP contribution in [0.2, 0.25) is 5.02 Å². The number of benzene rings is 2. The minimum Gasteiger partial charge on any atom is -0.394 e. The van der Waals surface area contributed by atoms with E-state index in [9.17, 15) is 14.6 Å². The van der Waals surface area contributed by atoms with Gasteiger partial charge in [0.15, 0.2) is 5.67 Å². The van der Waals surface area contributed by atoms with Crippen molar-refractivity contribution in [2.24, 2.45) is 0 Å². The van der Waals surface area contributed by atoms with Gasteiger partial charge in [0.05, 0.1) is 38.1 Å². The van der Waals surface area contributed by atoms with Crippen LogP contribution in [0.1, 0.15) is 41.2 Å². The Kier molecular flexibility index (Phi) is 6.23. The average molecular weight is 421 g/mol. The molecular weight excluding hydrogens is 395 g/mol. The molecule has 2 aromatic carbocycles. The summed E-state index contributed by atoms with van der Waals surface area (Å²) >= 11 is 6.42. The number of rotatable bonds is 6. The van der Waals surface area contributed by atoms with Crippen LogP contribution in [0.5, 0.6) is 0 Å². The molecule has 4 nitrogen and oxygen atoms in total. The SMILES string of the molecule is OCC1CC(O)CC(c2ccc(Cl)c(Cc3ccc(CC4(F)COC4)cc3)c2)O1. The summed E-state index contributed by atoms with van der Waals surface area (Å²) in [6, 6.07) is 13.7. The fourth-order valence-corrected chi connectivity index (χ4v) is 4.22. The molecule has 2 fully saturated rings. The van der Waals surface area contributed by atoms with Crippen LogP contribution in [-0.2, 0) is 22.3 Å². The molecule has 2 aromatic rings. The third kappa shape index (κ3) is 4.98. The van der Waals surface area contributed by atoms with Crippen molar-refractivity contribution < 1.29 is 24.1 Å². The lowest BCUT2D eigenvalue weighted by Crippen LogP contribution is -2.47. The molecule has 0 radical (unpaired) electrons. The summed E-state index contributed by atoms with van der Waals surface area (Å²) in [5, 5.41) is 20.1. The minimum atomic E-state index is -1.23. The van der Waals surface area contributed by atoms with Crippen LogP contribution in [-0.4, -0.2) is 47.9 Å². The van der Waals surface area contributed by atoms with Gasteiger partial charge in [0.1, 0.15) is 0 Å². The molecule has 3 unspecified atom stereocenters. The highest BCUT2D eigenvalue weighted by atomic mass is 35.5. The number of aliphatic hydroxyl groups is 2. The Bertz CT molecular complexity index is 837. The summed E-state index contributed by atoms with van der Waals surface area (Å²) in [6.07, 6.45) is 0.867. The summed E-state index contributed by atoms with van der Waals surface area (Å²) in [5.41, 5.74) is 2.73. The number of halogens is 2. The lowest BCUT2D eigenvalue weighted by Gasteiger charge is -2.33. The summed E-state index contributed by atoms with van der Waals surface area (Å²) in [7, 11) is 0. The zero-order valence-electron chi connectivity index (χ0n) is 16.2. The number of alkyl halides is 1. The van der Waals surface area contributed by atoms with Gasteiger partial charge in [0, 0.05) is 24.3 Å². The second-order valence-corrected chi connectivity index (χ2v) is 8.63. The molecule has 29 heavy (non-hydrogen) atoms. The van der Waals surface area contributed by atoms with E-state index in [0.717, 1.165) is 22.3 Å². The van der Waals surface area contributed by atoms with Crippen LogP contribution in [0, 0.1) is 0 Å². The molecule has 0 aliphatic carbocycles. The normalized spacial score (nSPS) is 26.1. The molecule has 2 N–H and O–H groups in total. The van der Waals surface area contributed by atoms with Gasteiger partial charge in [-0.25, -0.2) is 4.39 Å². The van der Waals surface area contributed by atoms with Crippen LogP contribution in [0.3, 0.4) is 0 Å². The van der Waals surface area contributed by atoms with Crippen molar-refractivity contribution in [3.05, 3.63) is 69.7 Å². The molecule has 2 aliphatic rings. The molecule has 2 heterocycles.